The van der Waals surface area contributed by atoms with E-state index in [2.05, 4.69) is 20.0 Å². The molecule has 2 amide bonds. The summed E-state index contributed by atoms with van der Waals surface area (Å²) >= 11 is 0. The molecule has 0 spiro atoms. The predicted molar refractivity (Wildman–Crippen MR) is 111 cm³/mol. The molecule has 2 heterocycles. The number of benzene rings is 1. The van der Waals surface area contributed by atoms with Gasteiger partial charge in [0.05, 0.1) is 6.26 Å². The van der Waals surface area contributed by atoms with Gasteiger partial charge in [0.2, 0.25) is 10.0 Å². The summed E-state index contributed by atoms with van der Waals surface area (Å²) in [5.74, 6) is 0.445. The third kappa shape index (κ3) is 5.88. The Balaban J connectivity index is 1.72. The lowest BCUT2D eigenvalue weighted by atomic mass is 10.1. The van der Waals surface area contributed by atoms with Gasteiger partial charge in [-0.05, 0) is 31.4 Å². The summed E-state index contributed by atoms with van der Waals surface area (Å²) in [6.07, 6.45) is 3.17. The number of aromatic amines is 1. The Morgan fingerprint density at radius 3 is 2.86 bits per heavy atom. The molecule has 1 unspecified atom stereocenters. The molecule has 0 saturated carbocycles. The van der Waals surface area contributed by atoms with E-state index in [0.29, 0.717) is 48.7 Å². The maximum absolute atomic E-state index is 12.6. The second kappa shape index (κ2) is 8.75. The summed E-state index contributed by atoms with van der Waals surface area (Å²) in [6, 6.07) is 7.94. The van der Waals surface area contributed by atoms with Crippen LogP contribution in [0, 0.1) is 0 Å². The van der Waals surface area contributed by atoms with Crippen LogP contribution in [0.25, 0.3) is 11.4 Å². The van der Waals surface area contributed by atoms with Gasteiger partial charge in [0.1, 0.15) is 5.82 Å². The monoisotopic (exact) mass is 419 g/mol. The van der Waals surface area contributed by atoms with Crippen molar-refractivity contribution in [1.82, 2.24) is 19.6 Å². The summed E-state index contributed by atoms with van der Waals surface area (Å²) in [5, 5.41) is 2.84. The van der Waals surface area contributed by atoms with Gasteiger partial charge in [0, 0.05) is 42.1 Å². The highest BCUT2D eigenvalue weighted by molar-refractivity contribution is 7.88. The average molecular weight is 420 g/mol. The number of aromatic nitrogens is 2. The number of hydrogen-bond acceptors (Lipinski definition) is 5. The predicted octanol–water partition coefficient (Wildman–Crippen LogP) is 1.54. The molecule has 1 aromatic heterocycles. The smallest absolute Gasteiger partial charge is 0.321 e. The minimum Gasteiger partial charge on any atom is -0.323 e. The van der Waals surface area contributed by atoms with Crippen LogP contribution in [0.1, 0.15) is 25.5 Å². The van der Waals surface area contributed by atoms with Crippen LogP contribution in [-0.4, -0.2) is 54.7 Å². The number of rotatable bonds is 5. The van der Waals surface area contributed by atoms with E-state index >= 15 is 0 Å². The number of urea groups is 1. The zero-order chi connectivity index (χ0) is 21.0. The highest BCUT2D eigenvalue weighted by Gasteiger charge is 2.25. The molecule has 29 heavy (non-hydrogen) atoms. The van der Waals surface area contributed by atoms with E-state index in [-0.39, 0.29) is 17.6 Å². The van der Waals surface area contributed by atoms with Crippen molar-refractivity contribution in [3.63, 3.8) is 0 Å². The molecule has 1 aliphatic heterocycles. The van der Waals surface area contributed by atoms with Crippen molar-refractivity contribution in [3.8, 4) is 11.4 Å². The number of aryl methyl sites for hydroxylation is 1. The molecule has 0 radical (unpaired) electrons. The van der Waals surface area contributed by atoms with Crippen LogP contribution >= 0.6 is 0 Å². The molecule has 1 aliphatic rings. The van der Waals surface area contributed by atoms with E-state index in [9.17, 15) is 18.0 Å². The Bertz CT molecular complexity index is 1050. The van der Waals surface area contributed by atoms with Gasteiger partial charge in [-0.25, -0.2) is 22.9 Å². The van der Waals surface area contributed by atoms with E-state index in [0.717, 1.165) is 12.7 Å². The number of hydrogen-bond donors (Lipinski definition) is 3. The number of amides is 2. The number of nitrogens with one attached hydrogen (secondary N) is 3. The fourth-order valence-electron chi connectivity index (χ4n) is 3.33. The molecule has 3 rings (SSSR count). The lowest BCUT2D eigenvalue weighted by molar-refractivity contribution is 0.190. The minimum atomic E-state index is -3.32. The molecule has 1 fully saturated rings. The van der Waals surface area contributed by atoms with Gasteiger partial charge in [-0.1, -0.05) is 19.1 Å². The van der Waals surface area contributed by atoms with Gasteiger partial charge in [-0.3, -0.25) is 4.79 Å². The second-order valence-electron chi connectivity index (χ2n) is 7.13. The molecule has 3 N–H and O–H groups in total. The molecule has 0 aliphatic carbocycles. The van der Waals surface area contributed by atoms with Crippen LogP contribution in [0.15, 0.2) is 35.1 Å². The number of H-pyrrole nitrogens is 1. The lowest BCUT2D eigenvalue weighted by Gasteiger charge is -2.32. The first-order valence-corrected chi connectivity index (χ1v) is 11.4. The highest BCUT2D eigenvalue weighted by Crippen LogP contribution is 2.20. The molecule has 2 aromatic rings. The molecule has 10 heteroatoms. The first-order chi connectivity index (χ1) is 13.7. The Kier molecular flexibility index (Phi) is 6.33. The summed E-state index contributed by atoms with van der Waals surface area (Å²) in [7, 11) is -3.32. The van der Waals surface area contributed by atoms with Crippen LogP contribution in [0.5, 0.6) is 0 Å². The summed E-state index contributed by atoms with van der Waals surface area (Å²) in [4.78, 5) is 33.2. The molecule has 1 atom stereocenters. The minimum absolute atomic E-state index is 0.223. The zero-order valence-electron chi connectivity index (χ0n) is 16.4. The van der Waals surface area contributed by atoms with Crippen LogP contribution < -0.4 is 15.6 Å². The van der Waals surface area contributed by atoms with Gasteiger partial charge >= 0.3 is 6.03 Å². The second-order valence-corrected chi connectivity index (χ2v) is 8.91. The normalized spacial score (nSPS) is 17.2. The first kappa shape index (κ1) is 21.0. The third-order valence-corrected chi connectivity index (χ3v) is 5.40. The number of nitrogens with zero attached hydrogens (tertiary/aromatic N) is 2. The SMILES string of the molecule is CCc1cc(=O)[nH]c(-c2cccc(NC(=O)N3CCCC(NS(C)(=O)=O)C3)c2)n1. The van der Waals surface area contributed by atoms with Gasteiger partial charge in [0.25, 0.3) is 5.56 Å². The van der Waals surface area contributed by atoms with Crippen molar-refractivity contribution in [3.05, 3.63) is 46.4 Å². The summed E-state index contributed by atoms with van der Waals surface area (Å²) in [5.41, 5.74) is 1.72. The van der Waals surface area contributed by atoms with E-state index in [4.69, 9.17) is 0 Å². The Morgan fingerprint density at radius 1 is 1.34 bits per heavy atom. The fraction of sp³-hybridized carbons (Fsp3) is 0.421. The van der Waals surface area contributed by atoms with Gasteiger partial charge < -0.3 is 15.2 Å². The fourth-order valence-corrected chi connectivity index (χ4v) is 4.13. The molecule has 1 aromatic carbocycles. The van der Waals surface area contributed by atoms with Gasteiger partial charge in [0.15, 0.2) is 0 Å². The van der Waals surface area contributed by atoms with Crippen LogP contribution in [0.3, 0.4) is 0 Å². The number of anilines is 1. The zero-order valence-corrected chi connectivity index (χ0v) is 17.3. The molecular formula is C19H25N5O4S. The number of piperidine rings is 1. The van der Waals surface area contributed by atoms with Crippen molar-refractivity contribution in [2.24, 2.45) is 0 Å². The third-order valence-electron chi connectivity index (χ3n) is 4.63. The van der Waals surface area contributed by atoms with E-state index < -0.39 is 10.0 Å². The topological polar surface area (TPSA) is 124 Å². The molecule has 0 bridgehead atoms. The maximum atomic E-state index is 12.6. The molecule has 1 saturated heterocycles. The quantitative estimate of drug-likeness (QED) is 0.678. The highest BCUT2D eigenvalue weighted by atomic mass is 32.2. The summed E-state index contributed by atoms with van der Waals surface area (Å²) < 4.78 is 25.5. The Hall–Kier alpha value is -2.72. The van der Waals surface area contributed by atoms with Gasteiger partial charge in [-0.2, -0.15) is 0 Å². The van der Waals surface area contributed by atoms with Crippen LogP contribution in [0.4, 0.5) is 10.5 Å². The molecule has 156 valence electrons. The Labute approximate surface area is 169 Å². The van der Waals surface area contributed by atoms with E-state index in [1.807, 2.05) is 6.92 Å². The van der Waals surface area contributed by atoms with Crippen molar-refractivity contribution >= 4 is 21.7 Å². The van der Waals surface area contributed by atoms with Crippen molar-refractivity contribution in [2.45, 2.75) is 32.2 Å². The van der Waals surface area contributed by atoms with E-state index in [1.54, 1.807) is 29.2 Å². The van der Waals surface area contributed by atoms with Gasteiger partial charge in [-0.15, -0.1) is 0 Å². The van der Waals surface area contributed by atoms with Crippen LogP contribution in [0.2, 0.25) is 0 Å². The number of carbonyl (C=O) groups excluding carboxylic acids is 1. The van der Waals surface area contributed by atoms with Crippen molar-refractivity contribution in [2.75, 3.05) is 24.7 Å². The largest absolute Gasteiger partial charge is 0.323 e. The van der Waals surface area contributed by atoms with E-state index in [1.165, 1.54) is 6.07 Å². The lowest BCUT2D eigenvalue weighted by Crippen LogP contribution is -2.50. The molecular weight excluding hydrogens is 394 g/mol. The first-order valence-electron chi connectivity index (χ1n) is 9.47. The van der Waals surface area contributed by atoms with Crippen molar-refractivity contribution < 1.29 is 13.2 Å². The van der Waals surface area contributed by atoms with Crippen molar-refractivity contribution in [1.29, 1.82) is 0 Å². The average Bonchev–Trinajstić information content (AvgIpc) is 2.66. The Morgan fingerprint density at radius 2 is 2.14 bits per heavy atom. The maximum Gasteiger partial charge on any atom is 0.321 e. The number of likely N-dealkylation sites (tertiary alicyclic amines) is 1. The molecule has 9 nitrogen and oxygen atoms in total. The number of sulfonamides is 1. The summed E-state index contributed by atoms with van der Waals surface area (Å²) in [6.45, 7) is 2.79. The van der Waals surface area contributed by atoms with Crippen LogP contribution in [-0.2, 0) is 16.4 Å². The number of carbonyl (C=O) groups is 1. The standard InChI is InChI=1S/C19H25N5O4S/c1-3-14-11-17(25)22-18(20-14)13-6-4-7-15(10-13)21-19(26)24-9-5-8-16(12-24)23-29(2,27)28/h4,6-7,10-11,16,23H,3,5,8-9,12H2,1-2H3,(H,21,26)(H,20,22,25).